The molecular weight excluding hydrogens is 363 g/mol. The molecule has 0 atom stereocenters. The predicted molar refractivity (Wildman–Crippen MR) is 67.7 cm³/mol. The molecule has 3 nitrogen and oxygen atoms in total. The quantitative estimate of drug-likeness (QED) is 0.652. The normalized spacial score (nSPS) is 17.1. The Morgan fingerprint density at radius 1 is 1.35 bits per heavy atom. The van der Waals surface area contributed by atoms with E-state index in [4.69, 9.17) is 0 Å². The second-order valence-electron chi connectivity index (χ2n) is 3.92. The molecule has 1 aliphatic rings. The smallest absolute Gasteiger partial charge is 0.208 e. The fourth-order valence-electron chi connectivity index (χ4n) is 1.33. The summed E-state index contributed by atoms with van der Waals surface area (Å²) >= 11 is 0.977. The van der Waals surface area contributed by atoms with Crippen molar-refractivity contribution < 1.29 is 17.2 Å². The number of rotatable bonds is 4. The molecule has 0 radical (unpaired) electrons. The van der Waals surface area contributed by atoms with E-state index in [9.17, 15) is 17.2 Å². The molecule has 0 heterocycles. The zero-order chi connectivity index (χ0) is 12.7. The minimum Gasteiger partial charge on any atom is -0.208 e. The van der Waals surface area contributed by atoms with Crippen LogP contribution in [0, 0.1) is 0 Å². The summed E-state index contributed by atoms with van der Waals surface area (Å²) in [5, 5.41) is 0. The number of nitrogens with one attached hydrogen (secondary N) is 1. The lowest BCUT2D eigenvalue weighted by atomic mass is 10.2. The average molecular weight is 373 g/mol. The van der Waals surface area contributed by atoms with Gasteiger partial charge in [0, 0.05) is 34.2 Å². The molecular formula is C10H10F2INO2S. The van der Waals surface area contributed by atoms with Crippen molar-refractivity contribution in [3.8, 4) is 0 Å². The molecule has 7 heteroatoms. The van der Waals surface area contributed by atoms with Gasteiger partial charge in [-0.15, -0.1) is 0 Å². The second kappa shape index (κ2) is 4.43. The van der Waals surface area contributed by atoms with Crippen LogP contribution in [0.1, 0.15) is 18.4 Å². The summed E-state index contributed by atoms with van der Waals surface area (Å²) in [6.45, 7) is 0. The van der Waals surface area contributed by atoms with Crippen molar-refractivity contribution in [2.24, 2.45) is 0 Å². The van der Waals surface area contributed by atoms with E-state index in [1.807, 2.05) is 0 Å². The topological polar surface area (TPSA) is 46.2 Å². The van der Waals surface area contributed by atoms with Gasteiger partial charge < -0.3 is 0 Å². The first-order valence-corrected chi connectivity index (χ1v) is 7.55. The lowest BCUT2D eigenvalue weighted by molar-refractivity contribution is 0.127. The maximum Gasteiger partial charge on any atom is 0.321 e. The Hall–Kier alpha value is -0.280. The molecule has 0 saturated heterocycles. The number of hydrogen-bond donors (Lipinski definition) is 1. The standard InChI is InChI=1S/C10H10F2INO2S/c11-10(12,13)7-2-1-3-9(6-7)17(15,16)14-8-4-5-8/h1-3,6,8,14H,4-5H2. The predicted octanol–water partition coefficient (Wildman–Crippen LogP) is 2.61. The molecule has 0 spiro atoms. The fraction of sp³-hybridized carbons (Fsp3) is 0.400. The molecule has 0 aromatic heterocycles. The third kappa shape index (κ3) is 3.35. The molecule has 0 amide bonds. The summed E-state index contributed by atoms with van der Waals surface area (Å²) in [6, 6.07) is 4.82. The first-order chi connectivity index (χ1) is 7.79. The number of benzene rings is 1. The van der Waals surface area contributed by atoms with E-state index in [0.717, 1.165) is 41.5 Å². The molecule has 2 rings (SSSR count). The molecule has 1 aliphatic carbocycles. The summed E-state index contributed by atoms with van der Waals surface area (Å²) < 4.78 is 49.1. The molecule has 1 saturated carbocycles. The van der Waals surface area contributed by atoms with Crippen LogP contribution in [0.25, 0.3) is 0 Å². The van der Waals surface area contributed by atoms with E-state index in [0.29, 0.717) is 0 Å². The first-order valence-electron chi connectivity index (χ1n) is 4.99. The zero-order valence-electron chi connectivity index (χ0n) is 8.66. The van der Waals surface area contributed by atoms with Crippen LogP contribution in [0.2, 0.25) is 0 Å². The minimum atomic E-state index is -3.67. The lowest BCUT2D eigenvalue weighted by Gasteiger charge is -2.11. The van der Waals surface area contributed by atoms with Crippen LogP contribution in [-0.2, 0) is 14.0 Å². The summed E-state index contributed by atoms with van der Waals surface area (Å²) in [5.74, 6) is 0. The highest BCUT2D eigenvalue weighted by molar-refractivity contribution is 14.1. The van der Waals surface area contributed by atoms with E-state index in [-0.39, 0.29) is 16.5 Å². The summed E-state index contributed by atoms with van der Waals surface area (Å²) in [7, 11) is -3.67. The number of alkyl halides is 3. The van der Waals surface area contributed by atoms with Crippen LogP contribution >= 0.6 is 22.6 Å². The van der Waals surface area contributed by atoms with Crippen LogP contribution in [0.5, 0.6) is 0 Å². The van der Waals surface area contributed by atoms with Crippen molar-refractivity contribution in [2.75, 3.05) is 0 Å². The highest BCUT2D eigenvalue weighted by atomic mass is 127. The van der Waals surface area contributed by atoms with Gasteiger partial charge in [0.2, 0.25) is 10.0 Å². The van der Waals surface area contributed by atoms with Crippen LogP contribution in [0.4, 0.5) is 8.78 Å². The van der Waals surface area contributed by atoms with E-state index in [1.165, 1.54) is 18.2 Å². The molecule has 1 aromatic rings. The van der Waals surface area contributed by atoms with Crippen LogP contribution in [0.15, 0.2) is 29.2 Å². The summed E-state index contributed by atoms with van der Waals surface area (Å²) in [4.78, 5) is -0.113. The van der Waals surface area contributed by atoms with Gasteiger partial charge >= 0.3 is 3.93 Å². The summed E-state index contributed by atoms with van der Waals surface area (Å²) in [6.07, 6.45) is 1.61. The molecule has 0 bridgehead atoms. The molecule has 1 N–H and O–H groups in total. The SMILES string of the molecule is O=S(=O)(NC1CC1)c1cccc(C(F)(F)I)c1. The van der Waals surface area contributed by atoms with Gasteiger partial charge in [0.15, 0.2) is 0 Å². The molecule has 94 valence electrons. The summed E-state index contributed by atoms with van der Waals surface area (Å²) in [5.41, 5.74) is -0.309. The lowest BCUT2D eigenvalue weighted by Crippen LogP contribution is -2.25. The molecule has 1 fully saturated rings. The molecule has 0 aliphatic heterocycles. The minimum absolute atomic E-state index is 0.0382. The van der Waals surface area contributed by atoms with E-state index in [1.54, 1.807) is 0 Å². The van der Waals surface area contributed by atoms with Crippen LogP contribution < -0.4 is 4.72 Å². The number of halogens is 3. The highest BCUT2D eigenvalue weighted by Crippen LogP contribution is 2.36. The van der Waals surface area contributed by atoms with Crippen molar-refractivity contribution in [1.29, 1.82) is 0 Å². The molecule has 1 aromatic carbocycles. The van der Waals surface area contributed by atoms with Gasteiger partial charge in [0.05, 0.1) is 4.90 Å². The maximum absolute atomic E-state index is 13.1. The molecule has 17 heavy (non-hydrogen) atoms. The molecule has 0 unspecified atom stereocenters. The van der Waals surface area contributed by atoms with Gasteiger partial charge in [0.25, 0.3) is 0 Å². The van der Waals surface area contributed by atoms with Crippen LogP contribution in [-0.4, -0.2) is 14.5 Å². The number of sulfonamides is 1. The Bertz CT molecular complexity index is 523. The Morgan fingerprint density at radius 2 is 2.00 bits per heavy atom. The Labute approximate surface area is 112 Å². The van der Waals surface area contributed by atoms with Gasteiger partial charge in [-0.25, -0.2) is 13.1 Å². The van der Waals surface area contributed by atoms with E-state index in [2.05, 4.69) is 4.72 Å². The highest BCUT2D eigenvalue weighted by Gasteiger charge is 2.31. The average Bonchev–Trinajstić information content (AvgIpc) is 3.00. The van der Waals surface area contributed by atoms with Crippen molar-refractivity contribution >= 4 is 32.6 Å². The van der Waals surface area contributed by atoms with Gasteiger partial charge in [-0.2, -0.15) is 8.78 Å². The van der Waals surface area contributed by atoms with Gasteiger partial charge in [-0.1, -0.05) is 12.1 Å². The Kier molecular flexibility index (Phi) is 3.43. The van der Waals surface area contributed by atoms with Crippen LogP contribution in [0.3, 0.4) is 0 Å². The monoisotopic (exact) mass is 373 g/mol. The fourth-order valence-corrected chi connectivity index (χ4v) is 3.01. The van der Waals surface area contributed by atoms with Gasteiger partial charge in [-0.05, 0) is 25.0 Å². The van der Waals surface area contributed by atoms with Crippen molar-refractivity contribution in [3.05, 3.63) is 29.8 Å². The van der Waals surface area contributed by atoms with Crippen molar-refractivity contribution in [1.82, 2.24) is 4.72 Å². The van der Waals surface area contributed by atoms with E-state index >= 15 is 0 Å². The third-order valence-corrected chi connectivity index (χ3v) is 4.51. The Morgan fingerprint density at radius 3 is 2.53 bits per heavy atom. The first kappa shape index (κ1) is 13.2. The van der Waals surface area contributed by atoms with E-state index < -0.39 is 14.0 Å². The van der Waals surface area contributed by atoms with Crippen molar-refractivity contribution in [2.45, 2.75) is 27.7 Å². The third-order valence-electron chi connectivity index (χ3n) is 2.37. The largest absolute Gasteiger partial charge is 0.321 e. The van der Waals surface area contributed by atoms with Crippen molar-refractivity contribution in [3.63, 3.8) is 0 Å². The number of hydrogen-bond acceptors (Lipinski definition) is 2. The van der Waals surface area contributed by atoms with Gasteiger partial charge in [-0.3, -0.25) is 0 Å². The van der Waals surface area contributed by atoms with Gasteiger partial charge in [0.1, 0.15) is 0 Å². The Balaban J connectivity index is 2.32. The second-order valence-corrected chi connectivity index (χ2v) is 6.99. The maximum atomic E-state index is 13.1. The zero-order valence-corrected chi connectivity index (χ0v) is 11.6.